The van der Waals surface area contributed by atoms with Gasteiger partial charge in [0.05, 0.1) is 4.88 Å². The Morgan fingerprint density at radius 2 is 1.83 bits per heavy atom. The van der Waals surface area contributed by atoms with E-state index in [0.29, 0.717) is 23.4 Å². The molecule has 0 bridgehead atoms. The van der Waals surface area contributed by atoms with E-state index in [0.717, 1.165) is 15.6 Å². The molecule has 0 aliphatic rings. The van der Waals surface area contributed by atoms with Gasteiger partial charge in [0.1, 0.15) is 0 Å². The summed E-state index contributed by atoms with van der Waals surface area (Å²) in [6.45, 7) is 0. The van der Waals surface area contributed by atoms with E-state index in [1.54, 1.807) is 17.6 Å². The Labute approximate surface area is 142 Å². The van der Waals surface area contributed by atoms with Gasteiger partial charge in [-0.1, -0.05) is 36.4 Å². The summed E-state index contributed by atoms with van der Waals surface area (Å²) in [6, 6.07) is 17.0. The van der Waals surface area contributed by atoms with Crippen LogP contribution in [-0.2, 0) is 11.2 Å². The van der Waals surface area contributed by atoms with Crippen LogP contribution in [0.3, 0.4) is 0 Å². The van der Waals surface area contributed by atoms with Crippen LogP contribution < -0.4 is 10.8 Å². The number of hydrogen-bond donors (Lipinski definition) is 3. The quantitative estimate of drug-likeness (QED) is 0.490. The highest BCUT2D eigenvalue weighted by atomic mass is 32.1. The van der Waals surface area contributed by atoms with Gasteiger partial charge in [0.15, 0.2) is 0 Å². The Morgan fingerprint density at radius 3 is 2.58 bits per heavy atom. The van der Waals surface area contributed by atoms with E-state index in [1.165, 1.54) is 11.3 Å². The molecule has 0 saturated heterocycles. The Bertz CT molecular complexity index is 874. The number of carbonyl (C=O) groups is 2. The van der Waals surface area contributed by atoms with Gasteiger partial charge in [0, 0.05) is 16.8 Å². The molecule has 3 rings (SSSR count). The largest absolute Gasteiger partial charge is 0.326 e. The highest BCUT2D eigenvalue weighted by Gasteiger charge is 2.10. The van der Waals surface area contributed by atoms with Crippen molar-refractivity contribution >= 4 is 38.9 Å². The summed E-state index contributed by atoms with van der Waals surface area (Å²) in [5.74, 6) is -0.590. The van der Waals surface area contributed by atoms with E-state index in [2.05, 4.69) is 5.32 Å². The molecule has 0 aliphatic heterocycles. The van der Waals surface area contributed by atoms with E-state index in [1.807, 2.05) is 42.5 Å². The molecule has 6 heteroatoms. The van der Waals surface area contributed by atoms with Crippen LogP contribution in [0.25, 0.3) is 10.1 Å². The molecule has 2 amide bonds. The highest BCUT2D eigenvalue weighted by molar-refractivity contribution is 7.20. The van der Waals surface area contributed by atoms with Crippen molar-refractivity contribution < 1.29 is 14.8 Å². The van der Waals surface area contributed by atoms with Gasteiger partial charge in [0.25, 0.3) is 5.91 Å². The normalized spacial score (nSPS) is 10.5. The number of rotatable bonds is 5. The van der Waals surface area contributed by atoms with Crippen LogP contribution in [0.15, 0.2) is 54.6 Å². The molecule has 1 heterocycles. The third-order valence-corrected chi connectivity index (χ3v) is 4.71. The number of benzene rings is 2. The molecule has 0 saturated carbocycles. The fourth-order valence-corrected chi connectivity index (χ4v) is 3.39. The lowest BCUT2D eigenvalue weighted by Gasteiger charge is -2.05. The van der Waals surface area contributed by atoms with Crippen molar-refractivity contribution in [1.29, 1.82) is 0 Å². The van der Waals surface area contributed by atoms with Crippen LogP contribution in [0, 0.1) is 0 Å². The minimum atomic E-state index is -0.537. The summed E-state index contributed by atoms with van der Waals surface area (Å²) in [6.07, 6.45) is 1.10. The highest BCUT2D eigenvalue weighted by Crippen LogP contribution is 2.28. The molecule has 5 nitrogen and oxygen atoms in total. The van der Waals surface area contributed by atoms with Gasteiger partial charge in [-0.25, -0.2) is 5.48 Å². The number of anilines is 1. The number of aryl methyl sites for hydroxylation is 1. The van der Waals surface area contributed by atoms with E-state index in [4.69, 9.17) is 5.21 Å². The van der Waals surface area contributed by atoms with E-state index in [-0.39, 0.29) is 5.91 Å². The van der Waals surface area contributed by atoms with Gasteiger partial charge in [-0.15, -0.1) is 11.3 Å². The maximum atomic E-state index is 12.1. The summed E-state index contributed by atoms with van der Waals surface area (Å²) in [7, 11) is 0. The molecule has 1 aromatic heterocycles. The van der Waals surface area contributed by atoms with Crippen molar-refractivity contribution in [3.63, 3.8) is 0 Å². The average molecular weight is 340 g/mol. The Kier molecular flexibility index (Phi) is 4.88. The molecule has 122 valence electrons. The molecule has 24 heavy (non-hydrogen) atoms. The smallest absolute Gasteiger partial charge is 0.284 e. The van der Waals surface area contributed by atoms with Gasteiger partial charge in [0.2, 0.25) is 5.91 Å². The predicted molar refractivity (Wildman–Crippen MR) is 94.5 cm³/mol. The molecule has 3 N–H and O–H groups in total. The number of fused-ring (bicyclic) bond motifs is 1. The van der Waals surface area contributed by atoms with Crippen molar-refractivity contribution in [2.24, 2.45) is 0 Å². The second kappa shape index (κ2) is 7.25. The molecule has 0 fully saturated rings. The molecular formula is C18H16N2O3S. The van der Waals surface area contributed by atoms with E-state index < -0.39 is 5.91 Å². The average Bonchev–Trinajstić information content (AvgIpc) is 3.03. The number of hydrogen-bond acceptors (Lipinski definition) is 4. The molecule has 3 aromatic rings. The van der Waals surface area contributed by atoms with Crippen molar-refractivity contribution in [3.05, 3.63) is 65.0 Å². The summed E-state index contributed by atoms with van der Waals surface area (Å²) in [5, 5.41) is 12.5. The Morgan fingerprint density at radius 1 is 1.04 bits per heavy atom. The van der Waals surface area contributed by atoms with Crippen LogP contribution in [0.4, 0.5) is 5.69 Å². The fraction of sp³-hybridized carbons (Fsp3) is 0.111. The Hall–Kier alpha value is -2.70. The van der Waals surface area contributed by atoms with Crippen molar-refractivity contribution in [3.8, 4) is 0 Å². The SMILES string of the molecule is O=C(CCc1ccccc1)Nc1ccc2cc(C(=O)NO)sc2c1. The monoisotopic (exact) mass is 340 g/mol. The van der Waals surface area contributed by atoms with Crippen molar-refractivity contribution in [1.82, 2.24) is 5.48 Å². The second-order valence-corrected chi connectivity index (χ2v) is 6.42. The first-order valence-corrected chi connectivity index (χ1v) is 8.29. The van der Waals surface area contributed by atoms with Gasteiger partial charge >= 0.3 is 0 Å². The van der Waals surface area contributed by atoms with Crippen LogP contribution in [0.2, 0.25) is 0 Å². The third-order valence-electron chi connectivity index (χ3n) is 3.61. The lowest BCUT2D eigenvalue weighted by atomic mass is 10.1. The second-order valence-electron chi connectivity index (χ2n) is 5.34. The van der Waals surface area contributed by atoms with Crippen LogP contribution in [0.5, 0.6) is 0 Å². The standard InChI is InChI=1S/C18H16N2O3S/c21-17(9-6-12-4-2-1-3-5-12)19-14-8-7-13-10-16(18(22)20-23)24-15(13)11-14/h1-5,7-8,10-11,23H,6,9H2,(H,19,21)(H,20,22). The lowest BCUT2D eigenvalue weighted by molar-refractivity contribution is -0.116. The van der Waals surface area contributed by atoms with Crippen molar-refractivity contribution in [2.75, 3.05) is 5.32 Å². The first-order valence-electron chi connectivity index (χ1n) is 7.47. The molecule has 0 radical (unpaired) electrons. The van der Waals surface area contributed by atoms with Crippen molar-refractivity contribution in [2.45, 2.75) is 12.8 Å². The summed E-state index contributed by atoms with van der Waals surface area (Å²) < 4.78 is 0.870. The third kappa shape index (κ3) is 3.79. The topological polar surface area (TPSA) is 78.4 Å². The summed E-state index contributed by atoms with van der Waals surface area (Å²) in [5.41, 5.74) is 3.44. The number of hydroxylamine groups is 1. The fourth-order valence-electron chi connectivity index (χ4n) is 2.40. The zero-order valence-corrected chi connectivity index (χ0v) is 13.6. The minimum absolute atomic E-state index is 0.0527. The lowest BCUT2D eigenvalue weighted by Crippen LogP contribution is -2.16. The van der Waals surface area contributed by atoms with Gasteiger partial charge in [-0.2, -0.15) is 0 Å². The number of nitrogens with one attached hydrogen (secondary N) is 2. The minimum Gasteiger partial charge on any atom is -0.326 e. The zero-order chi connectivity index (χ0) is 16.9. The maximum absolute atomic E-state index is 12.1. The van der Waals surface area contributed by atoms with Gasteiger partial charge < -0.3 is 5.32 Å². The Balaban J connectivity index is 1.66. The first-order chi connectivity index (χ1) is 11.7. The maximum Gasteiger partial charge on any atom is 0.284 e. The first kappa shape index (κ1) is 16.2. The molecule has 0 aliphatic carbocycles. The van der Waals surface area contributed by atoms with Crippen LogP contribution in [-0.4, -0.2) is 17.0 Å². The predicted octanol–water partition coefficient (Wildman–Crippen LogP) is 3.59. The number of carbonyl (C=O) groups excluding carboxylic acids is 2. The molecule has 0 atom stereocenters. The van der Waals surface area contributed by atoms with E-state index >= 15 is 0 Å². The molecular weight excluding hydrogens is 324 g/mol. The molecule has 0 spiro atoms. The molecule has 2 aromatic carbocycles. The van der Waals surface area contributed by atoms with Crippen LogP contribution in [0.1, 0.15) is 21.7 Å². The van der Waals surface area contributed by atoms with Gasteiger partial charge in [-0.3, -0.25) is 14.8 Å². The molecule has 0 unspecified atom stereocenters. The summed E-state index contributed by atoms with van der Waals surface area (Å²) in [4.78, 5) is 23.9. The van der Waals surface area contributed by atoms with Gasteiger partial charge in [-0.05, 0) is 35.6 Å². The van der Waals surface area contributed by atoms with E-state index in [9.17, 15) is 9.59 Å². The number of amides is 2. The van der Waals surface area contributed by atoms with Crippen LogP contribution >= 0.6 is 11.3 Å². The zero-order valence-electron chi connectivity index (χ0n) is 12.8. The summed E-state index contributed by atoms with van der Waals surface area (Å²) >= 11 is 1.26. The number of thiophene rings is 1.